The van der Waals surface area contributed by atoms with E-state index in [1.807, 2.05) is 0 Å². The number of ether oxygens (including phenoxy) is 1. The maximum atomic E-state index is 12.8. The van der Waals surface area contributed by atoms with Crippen LogP contribution in [0.25, 0.3) is 0 Å². The minimum absolute atomic E-state index is 0.0698. The lowest BCUT2D eigenvalue weighted by Crippen LogP contribution is -2.51. The molecule has 5 heteroatoms. The molecule has 0 unspecified atom stereocenters. The van der Waals surface area contributed by atoms with Gasteiger partial charge in [0.2, 0.25) is 0 Å². The van der Waals surface area contributed by atoms with Crippen LogP contribution >= 0.6 is 11.6 Å². The Labute approximate surface area is 135 Å². The van der Waals surface area contributed by atoms with Crippen LogP contribution in [0.2, 0.25) is 5.02 Å². The Morgan fingerprint density at radius 3 is 2.50 bits per heavy atom. The van der Waals surface area contributed by atoms with Crippen LogP contribution in [0.15, 0.2) is 24.3 Å². The largest absolute Gasteiger partial charge is 0.379 e. The molecule has 2 atom stereocenters. The third-order valence-electron chi connectivity index (χ3n) is 4.57. The lowest BCUT2D eigenvalue weighted by Gasteiger charge is -2.37. The van der Waals surface area contributed by atoms with E-state index in [2.05, 4.69) is 4.90 Å². The van der Waals surface area contributed by atoms with Gasteiger partial charge in [0.15, 0.2) is 11.6 Å². The normalized spacial score (nSPS) is 26.9. The maximum absolute atomic E-state index is 12.8. The number of morpholine rings is 1. The second kappa shape index (κ2) is 6.90. The predicted molar refractivity (Wildman–Crippen MR) is 84.3 cm³/mol. The van der Waals surface area contributed by atoms with E-state index in [0.717, 1.165) is 25.9 Å². The minimum atomic E-state index is -0.511. The first-order valence-electron chi connectivity index (χ1n) is 7.82. The molecule has 2 fully saturated rings. The molecule has 1 saturated carbocycles. The van der Waals surface area contributed by atoms with Crippen molar-refractivity contribution in [2.75, 3.05) is 26.3 Å². The topological polar surface area (TPSA) is 46.6 Å². The van der Waals surface area contributed by atoms with Gasteiger partial charge >= 0.3 is 0 Å². The monoisotopic (exact) mass is 321 g/mol. The third-order valence-corrected chi connectivity index (χ3v) is 4.83. The number of nitrogens with zero attached hydrogens (tertiary/aromatic N) is 1. The van der Waals surface area contributed by atoms with Crippen molar-refractivity contribution in [2.24, 2.45) is 5.92 Å². The number of carbonyl (C=O) groups excluding carboxylic acids is 2. The van der Waals surface area contributed by atoms with Crippen molar-refractivity contribution in [3.63, 3.8) is 0 Å². The van der Waals surface area contributed by atoms with Crippen LogP contribution in [-0.4, -0.2) is 48.8 Å². The van der Waals surface area contributed by atoms with Crippen molar-refractivity contribution in [1.29, 1.82) is 0 Å². The third kappa shape index (κ3) is 3.24. The molecule has 1 saturated heterocycles. The van der Waals surface area contributed by atoms with E-state index in [-0.39, 0.29) is 17.6 Å². The van der Waals surface area contributed by atoms with Crippen molar-refractivity contribution < 1.29 is 14.3 Å². The molecule has 0 amide bonds. The Morgan fingerprint density at radius 2 is 1.82 bits per heavy atom. The summed E-state index contributed by atoms with van der Waals surface area (Å²) >= 11 is 5.86. The van der Waals surface area contributed by atoms with E-state index in [0.29, 0.717) is 30.2 Å². The molecule has 3 rings (SSSR count). The fourth-order valence-corrected chi connectivity index (χ4v) is 3.49. The molecule has 0 N–H and O–H groups in total. The van der Waals surface area contributed by atoms with E-state index in [1.54, 1.807) is 24.3 Å². The summed E-state index contributed by atoms with van der Waals surface area (Å²) in [5.74, 6) is -0.504. The zero-order valence-corrected chi connectivity index (χ0v) is 13.2. The van der Waals surface area contributed by atoms with Gasteiger partial charge in [0.05, 0.1) is 25.2 Å². The second-order valence-electron chi connectivity index (χ2n) is 5.92. The van der Waals surface area contributed by atoms with Gasteiger partial charge in [0, 0.05) is 23.7 Å². The van der Waals surface area contributed by atoms with E-state index >= 15 is 0 Å². The van der Waals surface area contributed by atoms with E-state index in [9.17, 15) is 9.59 Å². The van der Waals surface area contributed by atoms with Gasteiger partial charge in [0.1, 0.15) is 0 Å². The van der Waals surface area contributed by atoms with Crippen LogP contribution in [0, 0.1) is 5.92 Å². The molecule has 0 aromatic heterocycles. The highest BCUT2D eigenvalue weighted by Gasteiger charge is 2.39. The summed E-state index contributed by atoms with van der Waals surface area (Å²) in [6.07, 6.45) is 2.42. The fourth-order valence-electron chi connectivity index (χ4n) is 3.36. The summed E-state index contributed by atoms with van der Waals surface area (Å²) in [6, 6.07) is 6.68. The number of ketones is 2. The first kappa shape index (κ1) is 15.7. The van der Waals surface area contributed by atoms with Crippen molar-refractivity contribution in [1.82, 2.24) is 4.90 Å². The number of hydrogen-bond acceptors (Lipinski definition) is 4. The van der Waals surface area contributed by atoms with Crippen molar-refractivity contribution in [3.8, 4) is 0 Å². The van der Waals surface area contributed by atoms with Crippen molar-refractivity contribution in [3.05, 3.63) is 34.9 Å². The quantitative estimate of drug-likeness (QED) is 0.634. The molecule has 1 aliphatic heterocycles. The van der Waals surface area contributed by atoms with Gasteiger partial charge in [-0.2, -0.15) is 0 Å². The summed E-state index contributed by atoms with van der Waals surface area (Å²) in [5, 5.41) is 0.595. The summed E-state index contributed by atoms with van der Waals surface area (Å²) < 4.78 is 5.35. The standard InChI is InChI=1S/C17H20ClNO3/c18-13-6-4-12(5-7-13)16(20)14-2-1-3-15(17(14)21)19-8-10-22-11-9-19/h4-7,14-15H,1-3,8-11H2/t14-,15-/m0/s1. The predicted octanol–water partition coefficient (Wildman–Crippen LogP) is 2.59. The molecule has 1 aromatic carbocycles. The van der Waals surface area contributed by atoms with Crippen molar-refractivity contribution in [2.45, 2.75) is 25.3 Å². The van der Waals surface area contributed by atoms with Gasteiger partial charge in [-0.05, 0) is 37.1 Å². The zero-order chi connectivity index (χ0) is 15.5. The van der Waals surface area contributed by atoms with Crippen LogP contribution in [-0.2, 0) is 9.53 Å². The van der Waals surface area contributed by atoms with Crippen LogP contribution < -0.4 is 0 Å². The van der Waals surface area contributed by atoms with Gasteiger partial charge in [0.25, 0.3) is 0 Å². The first-order valence-corrected chi connectivity index (χ1v) is 8.20. The summed E-state index contributed by atoms with van der Waals surface area (Å²) in [7, 11) is 0. The maximum Gasteiger partial charge on any atom is 0.173 e. The summed E-state index contributed by atoms with van der Waals surface area (Å²) in [6.45, 7) is 2.88. The van der Waals surface area contributed by atoms with Gasteiger partial charge in [-0.3, -0.25) is 14.5 Å². The summed E-state index contributed by atoms with van der Waals surface area (Å²) in [5.41, 5.74) is 0.574. The Bertz CT molecular complexity index is 552. The van der Waals surface area contributed by atoms with E-state index in [4.69, 9.17) is 16.3 Å². The molecule has 22 heavy (non-hydrogen) atoms. The lowest BCUT2D eigenvalue weighted by atomic mass is 9.79. The number of halogens is 1. The Hall–Kier alpha value is -1.23. The summed E-state index contributed by atoms with van der Waals surface area (Å²) in [4.78, 5) is 27.6. The van der Waals surface area contributed by atoms with Gasteiger partial charge < -0.3 is 4.74 Å². The molecule has 1 aliphatic carbocycles. The fraction of sp³-hybridized carbons (Fsp3) is 0.529. The van der Waals surface area contributed by atoms with Crippen LogP contribution in [0.5, 0.6) is 0 Å². The highest BCUT2D eigenvalue weighted by atomic mass is 35.5. The van der Waals surface area contributed by atoms with Crippen LogP contribution in [0.3, 0.4) is 0 Å². The number of rotatable bonds is 3. The Morgan fingerprint density at radius 1 is 1.14 bits per heavy atom. The van der Waals surface area contributed by atoms with Crippen LogP contribution in [0.4, 0.5) is 0 Å². The molecule has 0 radical (unpaired) electrons. The SMILES string of the molecule is O=C(c1ccc(Cl)cc1)[C@@H]1CCC[C@H](N2CCOCC2)C1=O. The zero-order valence-electron chi connectivity index (χ0n) is 12.5. The Balaban J connectivity index is 1.74. The average molecular weight is 322 g/mol. The molecule has 1 heterocycles. The first-order chi connectivity index (χ1) is 10.7. The highest BCUT2D eigenvalue weighted by molar-refractivity contribution is 6.30. The number of Topliss-reactive ketones (excluding diaryl/α,β-unsaturated/α-hetero) is 2. The molecular formula is C17H20ClNO3. The lowest BCUT2D eigenvalue weighted by molar-refractivity contribution is -0.131. The molecule has 0 bridgehead atoms. The molecule has 1 aromatic rings. The Kier molecular flexibility index (Phi) is 4.91. The van der Waals surface area contributed by atoms with Crippen molar-refractivity contribution >= 4 is 23.2 Å². The number of hydrogen-bond donors (Lipinski definition) is 0. The molecule has 118 valence electrons. The number of carbonyl (C=O) groups is 2. The number of benzene rings is 1. The molecular weight excluding hydrogens is 302 g/mol. The van der Waals surface area contributed by atoms with Gasteiger partial charge in [-0.25, -0.2) is 0 Å². The second-order valence-corrected chi connectivity index (χ2v) is 6.36. The molecule has 2 aliphatic rings. The van der Waals surface area contributed by atoms with Crippen LogP contribution in [0.1, 0.15) is 29.6 Å². The minimum Gasteiger partial charge on any atom is -0.379 e. The van der Waals surface area contributed by atoms with Gasteiger partial charge in [-0.1, -0.05) is 18.0 Å². The molecule has 0 spiro atoms. The highest BCUT2D eigenvalue weighted by Crippen LogP contribution is 2.28. The molecule has 4 nitrogen and oxygen atoms in total. The van der Waals surface area contributed by atoms with Gasteiger partial charge in [-0.15, -0.1) is 0 Å². The van der Waals surface area contributed by atoms with E-state index < -0.39 is 5.92 Å². The average Bonchev–Trinajstić information content (AvgIpc) is 2.56. The smallest absolute Gasteiger partial charge is 0.173 e. The van der Waals surface area contributed by atoms with E-state index in [1.165, 1.54) is 0 Å².